The quantitative estimate of drug-likeness (QED) is 0.744. The Kier molecular flexibility index (Phi) is 3.49. The molecule has 6 nitrogen and oxygen atoms in total. The van der Waals surface area contributed by atoms with Gasteiger partial charge in [0.1, 0.15) is 0 Å². The van der Waals surface area contributed by atoms with Gasteiger partial charge < -0.3 is 4.74 Å². The molecule has 0 amide bonds. The first-order valence-corrected chi connectivity index (χ1v) is 6.35. The summed E-state index contributed by atoms with van der Waals surface area (Å²) in [6, 6.07) is 6.09. The van der Waals surface area contributed by atoms with Crippen molar-refractivity contribution in [1.82, 2.24) is 24.7 Å². The minimum Gasteiger partial charge on any atom is -0.421 e. The molecule has 2 heterocycles. The molecule has 0 saturated heterocycles. The van der Waals surface area contributed by atoms with Crippen LogP contribution >= 0.6 is 11.6 Å². The summed E-state index contributed by atoms with van der Waals surface area (Å²) in [5, 5.41) is 3.91. The predicted molar refractivity (Wildman–Crippen MR) is 73.2 cm³/mol. The van der Waals surface area contributed by atoms with Crippen molar-refractivity contribution in [3.8, 4) is 17.7 Å². The van der Waals surface area contributed by atoms with Crippen LogP contribution in [0, 0.1) is 12.7 Å². The average molecular weight is 306 g/mol. The third-order valence-corrected chi connectivity index (χ3v) is 2.74. The first-order valence-electron chi connectivity index (χ1n) is 5.97. The number of aromatic nitrogens is 5. The maximum atomic E-state index is 13.7. The van der Waals surface area contributed by atoms with Crippen LogP contribution in [0.1, 0.15) is 5.56 Å². The molecule has 0 unspecified atom stereocenters. The summed E-state index contributed by atoms with van der Waals surface area (Å²) in [6.07, 6.45) is 3.21. The summed E-state index contributed by atoms with van der Waals surface area (Å²) >= 11 is 5.83. The number of rotatable bonds is 3. The Labute approximate surface area is 124 Å². The summed E-state index contributed by atoms with van der Waals surface area (Å²) in [5.41, 5.74) is 0.846. The van der Waals surface area contributed by atoms with Crippen LogP contribution in [-0.4, -0.2) is 24.7 Å². The molecule has 3 rings (SSSR count). The van der Waals surface area contributed by atoms with E-state index in [2.05, 4.69) is 20.1 Å². The van der Waals surface area contributed by atoms with Gasteiger partial charge in [-0.1, -0.05) is 6.07 Å². The average Bonchev–Trinajstić information content (AvgIpc) is 2.96. The van der Waals surface area contributed by atoms with Crippen molar-refractivity contribution in [2.24, 2.45) is 0 Å². The van der Waals surface area contributed by atoms with E-state index in [-0.39, 0.29) is 23.0 Å². The zero-order chi connectivity index (χ0) is 14.8. The number of aryl methyl sites for hydroxylation is 1. The lowest BCUT2D eigenvalue weighted by atomic mass is 10.2. The van der Waals surface area contributed by atoms with Crippen molar-refractivity contribution in [3.63, 3.8) is 0 Å². The monoisotopic (exact) mass is 305 g/mol. The molecule has 0 bridgehead atoms. The molecule has 1 aromatic carbocycles. The molecule has 3 aromatic rings. The minimum atomic E-state index is -0.516. The van der Waals surface area contributed by atoms with Crippen molar-refractivity contribution in [3.05, 3.63) is 53.3 Å². The Hall–Kier alpha value is -2.54. The largest absolute Gasteiger partial charge is 0.421 e. The smallest absolute Gasteiger partial charge is 0.328 e. The Bertz CT molecular complexity index is 778. The Balaban J connectivity index is 1.97. The highest BCUT2D eigenvalue weighted by molar-refractivity contribution is 6.28. The van der Waals surface area contributed by atoms with Gasteiger partial charge in [-0.2, -0.15) is 20.1 Å². The van der Waals surface area contributed by atoms with Gasteiger partial charge in [-0.15, -0.1) is 0 Å². The van der Waals surface area contributed by atoms with Crippen LogP contribution in [0.3, 0.4) is 0 Å². The van der Waals surface area contributed by atoms with Gasteiger partial charge in [-0.05, 0) is 42.3 Å². The van der Waals surface area contributed by atoms with Crippen LogP contribution < -0.4 is 4.74 Å². The molecule has 8 heteroatoms. The van der Waals surface area contributed by atoms with Crippen LogP contribution in [0.5, 0.6) is 11.8 Å². The summed E-state index contributed by atoms with van der Waals surface area (Å²) in [7, 11) is 0. The fourth-order valence-corrected chi connectivity index (χ4v) is 1.79. The SMILES string of the molecule is Cc1ccc(F)c(Oc2nc(Cl)nc(-n3cccn3)n2)c1. The standard InChI is InChI=1S/C13H9ClFN5O/c1-8-3-4-9(15)10(7-8)21-13-18-11(14)17-12(19-13)20-6-2-5-16-20/h2-7H,1H3. The Morgan fingerprint density at radius 3 is 2.86 bits per heavy atom. The molecule has 2 aromatic heterocycles. The molecule has 0 spiro atoms. The molecule has 0 aliphatic carbocycles. The van der Waals surface area contributed by atoms with Crippen molar-refractivity contribution in [2.75, 3.05) is 0 Å². The maximum Gasteiger partial charge on any atom is 0.328 e. The fraction of sp³-hybridized carbons (Fsp3) is 0.0769. The molecule has 0 N–H and O–H groups in total. The molecular formula is C13H9ClFN5O. The first kappa shape index (κ1) is 13.4. The van der Waals surface area contributed by atoms with Gasteiger partial charge in [0.2, 0.25) is 5.28 Å². The second-order valence-corrected chi connectivity index (χ2v) is 4.51. The highest BCUT2D eigenvalue weighted by Gasteiger charge is 2.11. The highest BCUT2D eigenvalue weighted by Crippen LogP contribution is 2.24. The van der Waals surface area contributed by atoms with Gasteiger partial charge in [0, 0.05) is 12.4 Å². The van der Waals surface area contributed by atoms with Crippen LogP contribution in [0.15, 0.2) is 36.7 Å². The summed E-state index contributed by atoms with van der Waals surface area (Å²) in [4.78, 5) is 11.8. The third kappa shape index (κ3) is 2.97. The van der Waals surface area contributed by atoms with Crippen LogP contribution in [0.25, 0.3) is 5.95 Å². The van der Waals surface area contributed by atoms with Crippen molar-refractivity contribution < 1.29 is 9.13 Å². The van der Waals surface area contributed by atoms with Crippen LogP contribution in [0.4, 0.5) is 4.39 Å². The molecule has 0 radical (unpaired) electrons. The highest BCUT2D eigenvalue weighted by atomic mass is 35.5. The molecule has 0 atom stereocenters. The van der Waals surface area contributed by atoms with E-state index in [1.165, 1.54) is 10.7 Å². The van der Waals surface area contributed by atoms with E-state index in [9.17, 15) is 4.39 Å². The first-order chi connectivity index (χ1) is 10.1. The molecule has 21 heavy (non-hydrogen) atoms. The topological polar surface area (TPSA) is 65.7 Å². The maximum absolute atomic E-state index is 13.7. The zero-order valence-electron chi connectivity index (χ0n) is 10.9. The van der Waals surface area contributed by atoms with Crippen molar-refractivity contribution in [2.45, 2.75) is 6.92 Å². The third-order valence-electron chi connectivity index (χ3n) is 2.57. The van der Waals surface area contributed by atoms with Gasteiger partial charge >= 0.3 is 6.01 Å². The van der Waals surface area contributed by atoms with E-state index in [0.717, 1.165) is 5.56 Å². The number of ether oxygens (including phenoxy) is 1. The molecule has 0 fully saturated rings. The van der Waals surface area contributed by atoms with E-state index in [0.29, 0.717) is 0 Å². The zero-order valence-corrected chi connectivity index (χ0v) is 11.6. The van der Waals surface area contributed by atoms with E-state index in [4.69, 9.17) is 16.3 Å². The lowest BCUT2D eigenvalue weighted by Gasteiger charge is -2.07. The second-order valence-electron chi connectivity index (χ2n) is 4.17. The molecular weight excluding hydrogens is 297 g/mol. The van der Waals surface area contributed by atoms with Crippen molar-refractivity contribution in [1.29, 1.82) is 0 Å². The lowest BCUT2D eigenvalue weighted by Crippen LogP contribution is -2.05. The van der Waals surface area contributed by atoms with E-state index in [1.807, 2.05) is 6.92 Å². The van der Waals surface area contributed by atoms with Gasteiger partial charge in [-0.25, -0.2) is 9.07 Å². The fourth-order valence-electron chi connectivity index (χ4n) is 1.64. The van der Waals surface area contributed by atoms with Crippen molar-refractivity contribution >= 4 is 11.6 Å². The van der Waals surface area contributed by atoms with Gasteiger partial charge in [0.05, 0.1) is 0 Å². The number of halogens is 2. The van der Waals surface area contributed by atoms with Gasteiger partial charge in [-0.3, -0.25) is 0 Å². The van der Waals surface area contributed by atoms with Crippen LogP contribution in [0.2, 0.25) is 5.28 Å². The number of hydrogen-bond acceptors (Lipinski definition) is 5. The van der Waals surface area contributed by atoms with E-state index in [1.54, 1.807) is 30.6 Å². The number of benzene rings is 1. The Morgan fingerprint density at radius 2 is 2.10 bits per heavy atom. The van der Waals surface area contributed by atoms with E-state index < -0.39 is 5.82 Å². The minimum absolute atomic E-state index is 0.0173. The van der Waals surface area contributed by atoms with Gasteiger partial charge in [0.15, 0.2) is 11.6 Å². The van der Waals surface area contributed by atoms with Gasteiger partial charge in [0.25, 0.3) is 5.95 Å². The predicted octanol–water partition coefficient (Wildman–Crippen LogP) is 2.95. The molecule has 0 aliphatic heterocycles. The summed E-state index contributed by atoms with van der Waals surface area (Å²) < 4.78 is 20.4. The summed E-state index contributed by atoms with van der Waals surface area (Å²) in [5.74, 6) is -0.315. The molecule has 106 valence electrons. The number of hydrogen-bond donors (Lipinski definition) is 0. The normalized spacial score (nSPS) is 10.6. The Morgan fingerprint density at radius 1 is 1.24 bits per heavy atom. The van der Waals surface area contributed by atoms with E-state index >= 15 is 0 Å². The lowest BCUT2D eigenvalue weighted by molar-refractivity contribution is 0.407. The molecule has 0 saturated carbocycles. The van der Waals surface area contributed by atoms with Crippen LogP contribution in [-0.2, 0) is 0 Å². The summed E-state index contributed by atoms with van der Waals surface area (Å²) in [6.45, 7) is 1.82. The number of nitrogens with zero attached hydrogens (tertiary/aromatic N) is 5. The molecule has 0 aliphatic rings. The second kappa shape index (κ2) is 5.45.